The topological polar surface area (TPSA) is 49.8 Å². The number of rotatable bonds is 4. The Morgan fingerprint density at radius 1 is 1.11 bits per heavy atom. The first-order valence-electron chi connectivity index (χ1n) is 5.88. The lowest BCUT2D eigenvalue weighted by Crippen LogP contribution is -2.03. The lowest BCUT2D eigenvalue weighted by molar-refractivity contribution is 0.595. The highest BCUT2D eigenvalue weighted by Crippen LogP contribution is 2.22. The first-order valence-corrected chi connectivity index (χ1v) is 5.88. The van der Waals surface area contributed by atoms with Crippen LogP contribution in [0.15, 0.2) is 24.5 Å². The summed E-state index contributed by atoms with van der Waals surface area (Å²) in [6.07, 6.45) is 3.00. The Balaban J connectivity index is 2.25. The molecule has 0 saturated heterocycles. The van der Waals surface area contributed by atoms with Crippen LogP contribution in [0.2, 0.25) is 0 Å². The van der Waals surface area contributed by atoms with Crippen molar-refractivity contribution in [1.29, 1.82) is 0 Å². The van der Waals surface area contributed by atoms with E-state index >= 15 is 0 Å². The molecule has 1 aromatic heterocycles. The number of nitrogens with one attached hydrogen (secondary N) is 2. The second-order valence-corrected chi connectivity index (χ2v) is 4.03. The molecule has 2 N–H and O–H groups in total. The Kier molecular flexibility index (Phi) is 3.89. The van der Waals surface area contributed by atoms with Crippen LogP contribution in [0.3, 0.4) is 0 Å². The van der Waals surface area contributed by atoms with Crippen molar-refractivity contribution in [2.45, 2.75) is 13.8 Å². The van der Waals surface area contributed by atoms with Crippen LogP contribution in [-0.4, -0.2) is 16.5 Å². The summed E-state index contributed by atoms with van der Waals surface area (Å²) >= 11 is 0. The molecule has 0 saturated carbocycles. The predicted octanol–water partition coefficient (Wildman–Crippen LogP) is 3.24. The third-order valence-electron chi connectivity index (χ3n) is 2.50. The number of anilines is 3. The van der Waals surface area contributed by atoms with Crippen LogP contribution in [-0.2, 0) is 0 Å². The number of benzene rings is 1. The average molecular weight is 264 g/mol. The molecule has 0 spiro atoms. The highest BCUT2D eigenvalue weighted by molar-refractivity contribution is 5.58. The van der Waals surface area contributed by atoms with Gasteiger partial charge in [0, 0.05) is 12.6 Å². The molecule has 0 aliphatic rings. The first kappa shape index (κ1) is 13.2. The van der Waals surface area contributed by atoms with Crippen LogP contribution in [0.5, 0.6) is 0 Å². The van der Waals surface area contributed by atoms with Gasteiger partial charge in [-0.15, -0.1) is 0 Å². The van der Waals surface area contributed by atoms with E-state index in [0.717, 1.165) is 12.1 Å². The van der Waals surface area contributed by atoms with Crippen LogP contribution >= 0.6 is 0 Å². The molecule has 1 aromatic carbocycles. The molecule has 4 nitrogen and oxygen atoms in total. The first-order chi connectivity index (χ1) is 9.10. The van der Waals surface area contributed by atoms with Crippen LogP contribution in [0, 0.1) is 18.6 Å². The molecule has 0 fully saturated rings. The van der Waals surface area contributed by atoms with E-state index in [1.54, 1.807) is 6.20 Å². The van der Waals surface area contributed by atoms with Crippen molar-refractivity contribution in [2.75, 3.05) is 17.2 Å². The number of hydrogen-bond acceptors (Lipinski definition) is 4. The van der Waals surface area contributed by atoms with E-state index in [0.29, 0.717) is 18.2 Å². The maximum absolute atomic E-state index is 13.7. The van der Waals surface area contributed by atoms with Crippen LogP contribution in [0.4, 0.5) is 26.1 Å². The fourth-order valence-electron chi connectivity index (χ4n) is 1.57. The summed E-state index contributed by atoms with van der Waals surface area (Å²) in [6, 6.07) is 2.24. The second-order valence-electron chi connectivity index (χ2n) is 4.03. The zero-order valence-electron chi connectivity index (χ0n) is 10.7. The van der Waals surface area contributed by atoms with Gasteiger partial charge in [0.05, 0.1) is 18.1 Å². The average Bonchev–Trinajstić information content (AvgIpc) is 2.37. The standard InChI is InChI=1S/C13H14F2N4/c1-3-17-12-6-16-7-13(19-12)18-11-5-9(14)8(2)4-10(11)15/h4-7H,3H2,1-2H3,(H2,17,18,19). The number of aromatic nitrogens is 2. The molecule has 100 valence electrons. The van der Waals surface area contributed by atoms with Crippen LogP contribution in [0.1, 0.15) is 12.5 Å². The van der Waals surface area contributed by atoms with Crippen molar-refractivity contribution in [2.24, 2.45) is 0 Å². The monoisotopic (exact) mass is 264 g/mol. The van der Waals surface area contributed by atoms with Crippen molar-refractivity contribution in [3.8, 4) is 0 Å². The Morgan fingerprint density at radius 2 is 1.84 bits per heavy atom. The summed E-state index contributed by atoms with van der Waals surface area (Å²) in [5.74, 6) is -0.0876. The summed E-state index contributed by atoms with van der Waals surface area (Å²) in [6.45, 7) is 4.14. The van der Waals surface area contributed by atoms with Gasteiger partial charge >= 0.3 is 0 Å². The summed E-state index contributed by atoms with van der Waals surface area (Å²) in [7, 11) is 0. The van der Waals surface area contributed by atoms with Gasteiger partial charge < -0.3 is 10.6 Å². The molecule has 0 atom stereocenters. The molecule has 19 heavy (non-hydrogen) atoms. The van der Waals surface area contributed by atoms with Crippen molar-refractivity contribution in [3.63, 3.8) is 0 Å². The van der Waals surface area contributed by atoms with Crippen molar-refractivity contribution in [3.05, 3.63) is 41.7 Å². The largest absolute Gasteiger partial charge is 0.369 e. The number of aryl methyl sites for hydroxylation is 1. The van der Waals surface area contributed by atoms with E-state index in [9.17, 15) is 8.78 Å². The number of halogens is 2. The predicted molar refractivity (Wildman–Crippen MR) is 70.6 cm³/mol. The third-order valence-corrected chi connectivity index (χ3v) is 2.50. The third kappa shape index (κ3) is 3.15. The molecule has 0 aliphatic heterocycles. The lowest BCUT2D eigenvalue weighted by Gasteiger charge is -2.09. The molecule has 0 unspecified atom stereocenters. The van der Waals surface area contributed by atoms with E-state index in [4.69, 9.17) is 0 Å². The summed E-state index contributed by atoms with van der Waals surface area (Å²) < 4.78 is 27.1. The Morgan fingerprint density at radius 3 is 2.58 bits per heavy atom. The van der Waals surface area contributed by atoms with Crippen LogP contribution in [0.25, 0.3) is 0 Å². The van der Waals surface area contributed by atoms with Gasteiger partial charge in [0.1, 0.15) is 17.5 Å². The van der Waals surface area contributed by atoms with Gasteiger partial charge in [-0.25, -0.2) is 13.8 Å². The second kappa shape index (κ2) is 5.60. The maximum atomic E-state index is 13.7. The van der Waals surface area contributed by atoms with E-state index < -0.39 is 11.6 Å². The minimum Gasteiger partial charge on any atom is -0.369 e. The van der Waals surface area contributed by atoms with Crippen LogP contribution < -0.4 is 10.6 Å². The Hall–Kier alpha value is -2.24. The van der Waals surface area contributed by atoms with Gasteiger partial charge in [0.2, 0.25) is 0 Å². The molecule has 2 rings (SSSR count). The van der Waals surface area contributed by atoms with Crippen molar-refractivity contribution in [1.82, 2.24) is 9.97 Å². The highest BCUT2D eigenvalue weighted by Gasteiger charge is 2.08. The van der Waals surface area contributed by atoms with E-state index in [1.165, 1.54) is 13.1 Å². The van der Waals surface area contributed by atoms with Gasteiger partial charge in [0.25, 0.3) is 0 Å². The fraction of sp³-hybridized carbons (Fsp3) is 0.231. The van der Waals surface area contributed by atoms with E-state index in [-0.39, 0.29) is 11.3 Å². The molecule has 0 amide bonds. The highest BCUT2D eigenvalue weighted by atomic mass is 19.1. The maximum Gasteiger partial charge on any atom is 0.151 e. The molecule has 6 heteroatoms. The van der Waals surface area contributed by atoms with Gasteiger partial charge in [-0.2, -0.15) is 0 Å². The van der Waals surface area contributed by atoms with E-state index in [2.05, 4.69) is 20.6 Å². The lowest BCUT2D eigenvalue weighted by atomic mass is 10.2. The smallest absolute Gasteiger partial charge is 0.151 e. The Bertz CT molecular complexity index is 587. The SMILES string of the molecule is CCNc1cncc(Nc2cc(F)c(C)cc2F)n1. The van der Waals surface area contributed by atoms with Crippen molar-refractivity contribution < 1.29 is 8.78 Å². The minimum absolute atomic E-state index is 0.0334. The Labute approximate surface area is 109 Å². The number of nitrogens with zero attached hydrogens (tertiary/aromatic N) is 2. The molecule has 0 radical (unpaired) electrons. The fourth-order valence-corrected chi connectivity index (χ4v) is 1.57. The normalized spacial score (nSPS) is 10.3. The summed E-state index contributed by atoms with van der Waals surface area (Å²) in [4.78, 5) is 8.14. The van der Waals surface area contributed by atoms with Crippen molar-refractivity contribution >= 4 is 17.3 Å². The quantitative estimate of drug-likeness (QED) is 0.890. The summed E-state index contributed by atoms with van der Waals surface area (Å²) in [5.41, 5.74) is 0.293. The van der Waals surface area contributed by atoms with E-state index in [1.807, 2.05) is 6.92 Å². The molecular weight excluding hydrogens is 250 g/mol. The van der Waals surface area contributed by atoms with Gasteiger partial charge in [0.15, 0.2) is 5.82 Å². The van der Waals surface area contributed by atoms with Gasteiger partial charge in [-0.05, 0) is 25.5 Å². The zero-order valence-corrected chi connectivity index (χ0v) is 10.7. The molecule has 1 heterocycles. The number of hydrogen-bond donors (Lipinski definition) is 2. The molecule has 2 aromatic rings. The molecular formula is C13H14F2N4. The zero-order chi connectivity index (χ0) is 13.8. The molecule has 0 bridgehead atoms. The van der Waals surface area contributed by atoms with Gasteiger partial charge in [-0.1, -0.05) is 0 Å². The van der Waals surface area contributed by atoms with Gasteiger partial charge in [-0.3, -0.25) is 4.98 Å². The molecule has 0 aliphatic carbocycles. The summed E-state index contributed by atoms with van der Waals surface area (Å²) in [5, 5.41) is 5.70. The minimum atomic E-state index is -0.533.